The van der Waals surface area contributed by atoms with Crippen molar-refractivity contribution in [1.29, 1.82) is 0 Å². The number of anilines is 1. The van der Waals surface area contributed by atoms with Gasteiger partial charge in [-0.2, -0.15) is 13.2 Å². The van der Waals surface area contributed by atoms with Gasteiger partial charge in [-0.05, 0) is 31.4 Å². The van der Waals surface area contributed by atoms with Crippen LogP contribution in [0.3, 0.4) is 0 Å². The van der Waals surface area contributed by atoms with E-state index in [-0.39, 0.29) is 49.1 Å². The van der Waals surface area contributed by atoms with E-state index in [1.54, 1.807) is 0 Å². The van der Waals surface area contributed by atoms with Crippen molar-refractivity contribution >= 4 is 29.1 Å². The number of primary amides is 1. The molecule has 1 aliphatic heterocycles. The van der Waals surface area contributed by atoms with Crippen molar-refractivity contribution in [3.05, 3.63) is 28.3 Å². The minimum Gasteiger partial charge on any atom is -0.371 e. The maximum atomic E-state index is 13.7. The molecule has 2 fully saturated rings. The highest BCUT2D eigenvalue weighted by molar-refractivity contribution is 6.32. The lowest BCUT2D eigenvalue weighted by Crippen LogP contribution is -2.48. The second kappa shape index (κ2) is 8.20. The van der Waals surface area contributed by atoms with Gasteiger partial charge in [-0.15, -0.1) is 0 Å². The van der Waals surface area contributed by atoms with E-state index in [0.29, 0.717) is 12.8 Å². The predicted octanol–water partition coefficient (Wildman–Crippen LogP) is 3.98. The average molecular weight is 454 g/mol. The summed E-state index contributed by atoms with van der Waals surface area (Å²) in [6.07, 6.45) is -4.93. The second-order valence-corrected chi connectivity index (χ2v) is 8.19. The van der Waals surface area contributed by atoms with Crippen LogP contribution in [0.4, 0.5) is 27.6 Å². The summed E-state index contributed by atoms with van der Waals surface area (Å²) in [4.78, 5) is 25.3. The summed E-state index contributed by atoms with van der Waals surface area (Å²) in [5.41, 5.74) is 3.84. The summed E-state index contributed by atoms with van der Waals surface area (Å²) >= 11 is 5.80. The van der Waals surface area contributed by atoms with Gasteiger partial charge < -0.3 is 16.0 Å². The third-order valence-corrected chi connectivity index (χ3v) is 5.88. The van der Waals surface area contributed by atoms with E-state index in [2.05, 4.69) is 5.32 Å². The van der Waals surface area contributed by atoms with E-state index in [9.17, 15) is 31.5 Å². The number of hydrogen-bond acceptors (Lipinski definition) is 3. The Hall–Kier alpha value is -2.10. The highest BCUT2D eigenvalue weighted by Gasteiger charge is 2.38. The van der Waals surface area contributed by atoms with E-state index in [1.165, 1.54) is 4.90 Å². The molecular weight excluding hydrogens is 433 g/mol. The van der Waals surface area contributed by atoms with Gasteiger partial charge in [-0.1, -0.05) is 11.6 Å². The van der Waals surface area contributed by atoms with Gasteiger partial charge in [0.25, 0.3) is 5.91 Å². The van der Waals surface area contributed by atoms with Crippen molar-refractivity contribution in [1.82, 2.24) is 5.32 Å². The third-order valence-electron chi connectivity index (χ3n) is 5.57. The zero-order valence-electron chi connectivity index (χ0n) is 15.9. The van der Waals surface area contributed by atoms with E-state index in [1.807, 2.05) is 0 Å². The minimum atomic E-state index is -4.76. The molecule has 11 heteroatoms. The van der Waals surface area contributed by atoms with E-state index in [4.69, 9.17) is 17.3 Å². The average Bonchev–Trinajstić information content (AvgIpc) is 2.76. The standard InChI is InChI=1S/C19H21ClF5N3O2/c20-14-8-12(17(30)27-11-6-10(7-11)16(26)29)15(9-13(14)19(23,24)25)28-4-1-2-18(21,22)3-5-28/h8-11H,1-7H2,(H2,26,29)(H,27,30). The fourth-order valence-corrected chi connectivity index (χ4v) is 4.03. The molecule has 3 N–H and O–H groups in total. The Labute approximate surface area is 174 Å². The SMILES string of the molecule is NC(=O)C1CC(NC(=O)c2cc(Cl)c(C(F)(F)F)cc2N2CCCC(F)(F)CC2)C1. The molecule has 0 atom stereocenters. The Balaban J connectivity index is 1.90. The number of carbonyl (C=O) groups is 2. The molecule has 0 aromatic heterocycles. The van der Waals surface area contributed by atoms with E-state index in [0.717, 1.165) is 12.1 Å². The molecule has 166 valence electrons. The predicted molar refractivity (Wildman–Crippen MR) is 101 cm³/mol. The molecule has 0 bridgehead atoms. The molecule has 1 heterocycles. The number of hydrogen-bond donors (Lipinski definition) is 2. The molecule has 3 rings (SSSR count). The van der Waals surface area contributed by atoms with Crippen LogP contribution in [0.25, 0.3) is 0 Å². The lowest BCUT2D eigenvalue weighted by molar-refractivity contribution is -0.137. The highest BCUT2D eigenvalue weighted by Crippen LogP contribution is 2.40. The number of carbonyl (C=O) groups excluding carboxylic acids is 2. The first-order valence-corrected chi connectivity index (χ1v) is 9.89. The Bertz CT molecular complexity index is 840. The van der Waals surface area contributed by atoms with Gasteiger partial charge in [-0.3, -0.25) is 9.59 Å². The quantitative estimate of drug-likeness (QED) is 0.677. The molecule has 0 unspecified atom stereocenters. The normalized spacial score (nSPS) is 24.0. The van der Waals surface area contributed by atoms with Crippen LogP contribution in [0, 0.1) is 5.92 Å². The van der Waals surface area contributed by atoms with Crippen LogP contribution in [0.2, 0.25) is 5.02 Å². The van der Waals surface area contributed by atoms with Crippen LogP contribution in [0.15, 0.2) is 12.1 Å². The minimum absolute atomic E-state index is 0.0704. The van der Waals surface area contributed by atoms with Crippen LogP contribution in [0.1, 0.15) is 48.0 Å². The van der Waals surface area contributed by atoms with Crippen LogP contribution < -0.4 is 16.0 Å². The third kappa shape index (κ3) is 4.96. The van der Waals surface area contributed by atoms with Gasteiger partial charge in [0, 0.05) is 37.9 Å². The summed E-state index contributed by atoms with van der Waals surface area (Å²) in [5, 5.41) is 2.00. The van der Waals surface area contributed by atoms with Gasteiger partial charge in [0.1, 0.15) is 0 Å². The number of nitrogens with one attached hydrogen (secondary N) is 1. The summed E-state index contributed by atoms with van der Waals surface area (Å²) in [7, 11) is 0. The first-order chi connectivity index (χ1) is 13.9. The van der Waals surface area contributed by atoms with Crippen LogP contribution in [-0.2, 0) is 11.0 Å². The smallest absolute Gasteiger partial charge is 0.371 e. The number of alkyl halides is 5. The summed E-state index contributed by atoms with van der Waals surface area (Å²) in [5.74, 6) is -4.43. The zero-order chi connectivity index (χ0) is 22.3. The topological polar surface area (TPSA) is 75.4 Å². The number of nitrogens with two attached hydrogens (primary N) is 1. The number of benzene rings is 1. The van der Waals surface area contributed by atoms with Crippen LogP contribution >= 0.6 is 11.6 Å². The number of rotatable bonds is 4. The van der Waals surface area contributed by atoms with Gasteiger partial charge in [0.15, 0.2) is 0 Å². The summed E-state index contributed by atoms with van der Waals surface area (Å²) in [6, 6.07) is 1.31. The van der Waals surface area contributed by atoms with Crippen LogP contribution in [-0.4, -0.2) is 36.9 Å². The lowest BCUT2D eigenvalue weighted by atomic mass is 9.79. The Morgan fingerprint density at radius 1 is 1.17 bits per heavy atom. The van der Waals surface area contributed by atoms with Gasteiger partial charge in [0.05, 0.1) is 21.8 Å². The lowest BCUT2D eigenvalue weighted by Gasteiger charge is -2.34. The molecule has 30 heavy (non-hydrogen) atoms. The summed E-state index contributed by atoms with van der Waals surface area (Å²) in [6.45, 7) is -0.110. The van der Waals surface area contributed by atoms with E-state index < -0.39 is 40.9 Å². The number of halogens is 6. The molecule has 0 spiro atoms. The zero-order valence-corrected chi connectivity index (χ0v) is 16.6. The first-order valence-electron chi connectivity index (χ1n) is 9.51. The maximum absolute atomic E-state index is 13.7. The van der Waals surface area contributed by atoms with Crippen molar-refractivity contribution in [2.45, 2.75) is 50.2 Å². The maximum Gasteiger partial charge on any atom is 0.417 e. The van der Waals surface area contributed by atoms with Gasteiger partial charge >= 0.3 is 6.18 Å². The van der Waals surface area contributed by atoms with Crippen molar-refractivity contribution < 1.29 is 31.5 Å². The number of nitrogens with zero attached hydrogens (tertiary/aromatic N) is 1. The fraction of sp³-hybridized carbons (Fsp3) is 0.579. The molecule has 0 radical (unpaired) electrons. The Morgan fingerprint density at radius 2 is 1.83 bits per heavy atom. The van der Waals surface area contributed by atoms with Crippen molar-refractivity contribution in [3.63, 3.8) is 0 Å². The molecule has 2 aliphatic rings. The summed E-state index contributed by atoms with van der Waals surface area (Å²) < 4.78 is 67.5. The largest absolute Gasteiger partial charge is 0.417 e. The fourth-order valence-electron chi connectivity index (χ4n) is 3.76. The second-order valence-electron chi connectivity index (χ2n) is 7.78. The molecule has 5 nitrogen and oxygen atoms in total. The van der Waals surface area contributed by atoms with Crippen molar-refractivity contribution in [2.75, 3.05) is 18.0 Å². The van der Waals surface area contributed by atoms with Gasteiger partial charge in [0.2, 0.25) is 11.8 Å². The molecule has 1 aromatic rings. The molecular formula is C19H21ClF5N3O2. The van der Waals surface area contributed by atoms with Crippen LogP contribution in [0.5, 0.6) is 0 Å². The molecule has 1 saturated heterocycles. The monoisotopic (exact) mass is 453 g/mol. The number of amides is 2. The highest BCUT2D eigenvalue weighted by atomic mass is 35.5. The Kier molecular flexibility index (Phi) is 6.18. The Morgan fingerprint density at radius 3 is 2.43 bits per heavy atom. The van der Waals surface area contributed by atoms with Crippen molar-refractivity contribution in [3.8, 4) is 0 Å². The van der Waals surface area contributed by atoms with Crippen molar-refractivity contribution in [2.24, 2.45) is 11.7 Å². The molecule has 1 saturated carbocycles. The molecule has 1 aromatic carbocycles. The van der Waals surface area contributed by atoms with E-state index >= 15 is 0 Å². The molecule has 2 amide bonds. The van der Waals surface area contributed by atoms with Gasteiger partial charge in [-0.25, -0.2) is 8.78 Å². The first kappa shape index (κ1) is 22.6. The molecule has 1 aliphatic carbocycles.